The molecule has 0 saturated carbocycles. The van der Waals surface area contributed by atoms with Crippen molar-refractivity contribution in [2.75, 3.05) is 13.1 Å². The van der Waals surface area contributed by atoms with Gasteiger partial charge in [0.2, 0.25) is 10.0 Å². The molecule has 1 saturated heterocycles. The fourth-order valence-corrected chi connectivity index (χ4v) is 4.89. The van der Waals surface area contributed by atoms with Crippen LogP contribution in [0.2, 0.25) is 0 Å². The molecule has 0 aliphatic carbocycles. The summed E-state index contributed by atoms with van der Waals surface area (Å²) in [7, 11) is -2.15. The van der Waals surface area contributed by atoms with Crippen LogP contribution in [0.25, 0.3) is 11.1 Å². The molecular formula is C19H21N3O5S. The largest absolute Gasteiger partial charge is 0.419 e. The zero-order valence-corrected chi connectivity index (χ0v) is 16.3. The van der Waals surface area contributed by atoms with Gasteiger partial charge < -0.3 is 9.15 Å². The molecule has 0 bridgehead atoms. The van der Waals surface area contributed by atoms with Crippen LogP contribution < -0.4 is 5.76 Å². The first kappa shape index (κ1) is 18.9. The summed E-state index contributed by atoms with van der Waals surface area (Å²) in [6.45, 7) is 1.08. The van der Waals surface area contributed by atoms with Crippen molar-refractivity contribution in [1.29, 1.82) is 0 Å². The molecule has 4 rings (SSSR count). The van der Waals surface area contributed by atoms with Gasteiger partial charge in [-0.25, -0.2) is 13.2 Å². The maximum absolute atomic E-state index is 13.1. The van der Waals surface area contributed by atoms with Gasteiger partial charge >= 0.3 is 5.76 Å². The van der Waals surface area contributed by atoms with E-state index in [1.165, 1.54) is 27.1 Å². The molecule has 0 spiro atoms. The highest BCUT2D eigenvalue weighted by atomic mass is 32.2. The van der Waals surface area contributed by atoms with Gasteiger partial charge in [0.15, 0.2) is 5.58 Å². The highest BCUT2D eigenvalue weighted by Crippen LogP contribution is 2.25. The number of hydrogen-bond acceptors (Lipinski definition) is 6. The molecule has 1 aliphatic rings. The van der Waals surface area contributed by atoms with Crippen molar-refractivity contribution in [2.45, 2.75) is 30.4 Å². The summed E-state index contributed by atoms with van der Waals surface area (Å²) in [5.41, 5.74) is 1.63. The number of oxazole rings is 1. The molecule has 1 fully saturated rings. The van der Waals surface area contributed by atoms with Crippen molar-refractivity contribution in [2.24, 2.45) is 7.05 Å². The molecular weight excluding hydrogens is 382 g/mol. The third-order valence-corrected chi connectivity index (χ3v) is 6.80. The summed E-state index contributed by atoms with van der Waals surface area (Å²) < 4.78 is 39.9. The number of nitrogens with zero attached hydrogens (tertiary/aromatic N) is 3. The number of aromatic nitrogens is 2. The van der Waals surface area contributed by atoms with Gasteiger partial charge in [0.1, 0.15) is 0 Å². The van der Waals surface area contributed by atoms with E-state index in [-0.39, 0.29) is 17.5 Å². The Morgan fingerprint density at radius 1 is 1.29 bits per heavy atom. The Bertz CT molecular complexity index is 1140. The van der Waals surface area contributed by atoms with Crippen molar-refractivity contribution in [3.63, 3.8) is 0 Å². The first-order chi connectivity index (χ1) is 13.4. The summed E-state index contributed by atoms with van der Waals surface area (Å²) in [6.07, 6.45) is 3.04. The number of fused-ring (bicyclic) bond motifs is 1. The predicted molar refractivity (Wildman–Crippen MR) is 102 cm³/mol. The second-order valence-corrected chi connectivity index (χ2v) is 8.75. The van der Waals surface area contributed by atoms with Crippen LogP contribution in [0, 0.1) is 0 Å². The van der Waals surface area contributed by atoms with Gasteiger partial charge in [-0.15, -0.1) is 0 Å². The van der Waals surface area contributed by atoms with E-state index in [1.807, 2.05) is 18.2 Å². The molecule has 1 atom stereocenters. The molecule has 2 aromatic heterocycles. The number of piperidine rings is 1. The van der Waals surface area contributed by atoms with Gasteiger partial charge in [0, 0.05) is 26.3 Å². The number of benzene rings is 1. The number of pyridine rings is 1. The lowest BCUT2D eigenvalue weighted by atomic mass is 10.1. The Morgan fingerprint density at radius 3 is 2.93 bits per heavy atom. The van der Waals surface area contributed by atoms with E-state index < -0.39 is 15.8 Å². The predicted octanol–water partition coefficient (Wildman–Crippen LogP) is 1.90. The van der Waals surface area contributed by atoms with Crippen molar-refractivity contribution < 1.29 is 17.6 Å². The van der Waals surface area contributed by atoms with Crippen molar-refractivity contribution in [3.8, 4) is 0 Å². The second-order valence-electron chi connectivity index (χ2n) is 6.82. The molecule has 28 heavy (non-hydrogen) atoms. The van der Waals surface area contributed by atoms with Crippen LogP contribution in [-0.2, 0) is 28.4 Å². The smallest absolute Gasteiger partial charge is 0.408 e. The van der Waals surface area contributed by atoms with E-state index in [2.05, 4.69) is 4.98 Å². The number of aryl methyl sites for hydroxylation is 1. The average molecular weight is 403 g/mol. The molecule has 3 aromatic rings. The van der Waals surface area contributed by atoms with Gasteiger partial charge in [-0.05, 0) is 43.2 Å². The fraction of sp³-hybridized carbons (Fsp3) is 0.368. The molecule has 8 nitrogen and oxygen atoms in total. The zero-order valence-electron chi connectivity index (χ0n) is 15.4. The maximum atomic E-state index is 13.1. The van der Waals surface area contributed by atoms with E-state index in [1.54, 1.807) is 13.2 Å². The van der Waals surface area contributed by atoms with E-state index in [9.17, 15) is 13.2 Å². The molecule has 0 radical (unpaired) electrons. The summed E-state index contributed by atoms with van der Waals surface area (Å²) in [5.74, 6) is -0.523. The van der Waals surface area contributed by atoms with Crippen molar-refractivity contribution in [1.82, 2.24) is 13.9 Å². The summed E-state index contributed by atoms with van der Waals surface area (Å²) in [6, 6.07) is 10.1. The minimum atomic E-state index is -3.70. The van der Waals surface area contributed by atoms with Gasteiger partial charge in [-0.3, -0.25) is 9.55 Å². The van der Waals surface area contributed by atoms with Crippen molar-refractivity contribution >= 4 is 21.1 Å². The Balaban J connectivity index is 1.52. The Morgan fingerprint density at radius 2 is 2.14 bits per heavy atom. The molecule has 1 unspecified atom stereocenters. The lowest BCUT2D eigenvalue weighted by molar-refractivity contribution is 0.00666. The molecule has 1 aliphatic heterocycles. The lowest BCUT2D eigenvalue weighted by Crippen LogP contribution is -2.43. The highest BCUT2D eigenvalue weighted by Gasteiger charge is 2.31. The summed E-state index contributed by atoms with van der Waals surface area (Å²) in [4.78, 5) is 16.0. The van der Waals surface area contributed by atoms with Crippen LogP contribution in [-0.4, -0.2) is 41.5 Å². The first-order valence-electron chi connectivity index (χ1n) is 9.06. The van der Waals surface area contributed by atoms with Gasteiger partial charge in [-0.1, -0.05) is 6.07 Å². The van der Waals surface area contributed by atoms with E-state index in [0.29, 0.717) is 24.3 Å². The van der Waals surface area contributed by atoms with E-state index in [0.717, 1.165) is 18.5 Å². The maximum Gasteiger partial charge on any atom is 0.419 e. The number of rotatable bonds is 5. The molecule has 0 N–H and O–H groups in total. The van der Waals surface area contributed by atoms with Gasteiger partial charge in [0.25, 0.3) is 0 Å². The van der Waals surface area contributed by atoms with Crippen LogP contribution in [0.5, 0.6) is 0 Å². The minimum Gasteiger partial charge on any atom is -0.408 e. The average Bonchev–Trinajstić information content (AvgIpc) is 3.01. The highest BCUT2D eigenvalue weighted by molar-refractivity contribution is 7.89. The van der Waals surface area contributed by atoms with Crippen LogP contribution in [0.1, 0.15) is 18.5 Å². The van der Waals surface area contributed by atoms with E-state index in [4.69, 9.17) is 9.15 Å². The number of sulfonamides is 1. The standard InChI is InChI=1S/C19H21N3O5S/c1-21-17-11-16(7-8-18(17)27-19(21)23)28(24,25)22-10-4-6-15(12-22)26-13-14-5-2-3-9-20-14/h2-3,5,7-9,11,15H,4,6,10,12-13H2,1H3. The van der Waals surface area contributed by atoms with Gasteiger partial charge in [0.05, 0.1) is 28.8 Å². The summed E-state index contributed by atoms with van der Waals surface area (Å²) in [5, 5.41) is 0. The lowest BCUT2D eigenvalue weighted by Gasteiger charge is -2.31. The second kappa shape index (κ2) is 7.50. The normalized spacial score (nSPS) is 18.5. The topological polar surface area (TPSA) is 94.6 Å². The van der Waals surface area contributed by atoms with Crippen LogP contribution in [0.4, 0.5) is 0 Å². The molecule has 3 heterocycles. The minimum absolute atomic E-state index is 0.141. The Kier molecular flexibility index (Phi) is 5.05. The summed E-state index contributed by atoms with van der Waals surface area (Å²) >= 11 is 0. The Hall–Kier alpha value is -2.49. The zero-order chi connectivity index (χ0) is 19.7. The Labute approximate surface area is 162 Å². The van der Waals surface area contributed by atoms with E-state index >= 15 is 0 Å². The fourth-order valence-electron chi connectivity index (χ4n) is 3.36. The van der Waals surface area contributed by atoms with Crippen LogP contribution >= 0.6 is 0 Å². The molecule has 0 amide bonds. The monoisotopic (exact) mass is 403 g/mol. The SMILES string of the molecule is Cn1c(=O)oc2ccc(S(=O)(=O)N3CCCC(OCc4ccccn4)C3)cc21. The first-order valence-corrected chi connectivity index (χ1v) is 10.5. The number of hydrogen-bond donors (Lipinski definition) is 0. The molecule has 1 aromatic carbocycles. The van der Waals surface area contributed by atoms with Crippen LogP contribution in [0.3, 0.4) is 0 Å². The van der Waals surface area contributed by atoms with Crippen LogP contribution in [0.15, 0.2) is 56.7 Å². The van der Waals surface area contributed by atoms with Crippen molar-refractivity contribution in [3.05, 3.63) is 58.8 Å². The molecule has 148 valence electrons. The number of ether oxygens (including phenoxy) is 1. The quantitative estimate of drug-likeness (QED) is 0.646. The molecule has 9 heteroatoms. The van der Waals surface area contributed by atoms with Gasteiger partial charge in [-0.2, -0.15) is 4.31 Å². The third-order valence-electron chi connectivity index (χ3n) is 4.93. The third kappa shape index (κ3) is 3.60.